The lowest BCUT2D eigenvalue weighted by molar-refractivity contribution is 0.623. The molecule has 1 aromatic rings. The second-order valence-corrected chi connectivity index (χ2v) is 3.11. The highest BCUT2D eigenvalue weighted by molar-refractivity contribution is 7.94. The van der Waals surface area contributed by atoms with Gasteiger partial charge >= 0.3 is 0 Å². The van der Waals surface area contributed by atoms with Crippen molar-refractivity contribution in [2.45, 2.75) is 11.8 Å². The Hall–Kier alpha value is -0.280. The van der Waals surface area contributed by atoms with Crippen molar-refractivity contribution in [1.82, 2.24) is 0 Å². The third kappa shape index (κ3) is 1.84. The van der Waals surface area contributed by atoms with E-state index in [0.717, 1.165) is 6.07 Å². The van der Waals surface area contributed by atoms with E-state index < -0.39 is 5.82 Å². The molecule has 0 heterocycles. The average molecular weight is 195 g/mol. The standard InChI is InChI=1S/C7H5ClF2S/c1-4-2-5(8)6(9)3-7(4)11-10/h2-3H,1H3. The number of hydrogen-bond acceptors (Lipinski definition) is 1. The second-order valence-electron chi connectivity index (χ2n) is 2.11. The molecule has 0 fully saturated rings. The minimum absolute atomic E-state index is 0.0196. The van der Waals surface area contributed by atoms with Gasteiger partial charge in [0.15, 0.2) is 0 Å². The van der Waals surface area contributed by atoms with Crippen molar-refractivity contribution in [2.75, 3.05) is 0 Å². The highest BCUT2D eigenvalue weighted by Gasteiger charge is 2.05. The zero-order valence-electron chi connectivity index (χ0n) is 5.70. The van der Waals surface area contributed by atoms with Gasteiger partial charge in [-0.15, -0.1) is 0 Å². The zero-order valence-corrected chi connectivity index (χ0v) is 7.27. The van der Waals surface area contributed by atoms with Gasteiger partial charge in [-0.2, -0.15) is 3.89 Å². The number of aryl methyl sites for hydroxylation is 1. The molecule has 0 aromatic heterocycles. The van der Waals surface area contributed by atoms with Crippen LogP contribution in [0.2, 0.25) is 5.02 Å². The van der Waals surface area contributed by atoms with Gasteiger partial charge in [0.2, 0.25) is 0 Å². The summed E-state index contributed by atoms with van der Waals surface area (Å²) in [5.41, 5.74) is 0.643. The van der Waals surface area contributed by atoms with Gasteiger partial charge in [-0.25, -0.2) is 4.39 Å². The maximum Gasteiger partial charge on any atom is 0.143 e. The molecule has 0 saturated carbocycles. The Balaban J connectivity index is 3.21. The molecule has 0 N–H and O–H groups in total. The molecule has 0 saturated heterocycles. The lowest BCUT2D eigenvalue weighted by Gasteiger charge is -2.00. The van der Waals surface area contributed by atoms with E-state index in [1.165, 1.54) is 6.07 Å². The lowest BCUT2D eigenvalue weighted by atomic mass is 10.2. The van der Waals surface area contributed by atoms with Crippen LogP contribution >= 0.6 is 23.7 Å². The zero-order chi connectivity index (χ0) is 8.43. The van der Waals surface area contributed by atoms with E-state index in [1.807, 2.05) is 0 Å². The first kappa shape index (κ1) is 8.81. The maximum atomic E-state index is 12.6. The van der Waals surface area contributed by atoms with Gasteiger partial charge in [-0.05, 0) is 24.6 Å². The monoisotopic (exact) mass is 194 g/mol. The van der Waals surface area contributed by atoms with E-state index >= 15 is 0 Å². The van der Waals surface area contributed by atoms with Crippen molar-refractivity contribution in [3.8, 4) is 0 Å². The summed E-state index contributed by atoms with van der Waals surface area (Å²) in [6.45, 7) is 1.67. The first-order valence-electron chi connectivity index (χ1n) is 2.89. The molecule has 0 aliphatic rings. The molecule has 0 atom stereocenters. The summed E-state index contributed by atoms with van der Waals surface area (Å²) in [7, 11) is 0. The van der Waals surface area contributed by atoms with E-state index in [1.54, 1.807) is 6.92 Å². The summed E-state index contributed by atoms with van der Waals surface area (Å²) in [6, 6.07) is 2.49. The van der Waals surface area contributed by atoms with Crippen LogP contribution in [0.5, 0.6) is 0 Å². The fourth-order valence-electron chi connectivity index (χ4n) is 0.711. The molecule has 4 heteroatoms. The summed E-state index contributed by atoms with van der Waals surface area (Å²) in [4.78, 5) is 0.270. The van der Waals surface area contributed by atoms with Crippen LogP contribution in [0.25, 0.3) is 0 Å². The van der Waals surface area contributed by atoms with Crippen LogP contribution in [0.1, 0.15) is 5.56 Å². The number of hydrogen-bond donors (Lipinski definition) is 0. The van der Waals surface area contributed by atoms with Crippen LogP contribution in [0.4, 0.5) is 8.28 Å². The summed E-state index contributed by atoms with van der Waals surface area (Å²) in [6.07, 6.45) is 0. The topological polar surface area (TPSA) is 0 Å². The Morgan fingerprint density at radius 3 is 2.64 bits per heavy atom. The van der Waals surface area contributed by atoms with Crippen molar-refractivity contribution < 1.29 is 8.28 Å². The molecule has 0 unspecified atom stereocenters. The van der Waals surface area contributed by atoms with Crippen molar-refractivity contribution in [3.63, 3.8) is 0 Å². The average Bonchev–Trinajstić information content (AvgIpc) is 1.97. The van der Waals surface area contributed by atoms with Gasteiger partial charge in [0, 0.05) is 4.90 Å². The van der Waals surface area contributed by atoms with Crippen LogP contribution in [-0.2, 0) is 0 Å². The molecule has 0 radical (unpaired) electrons. The SMILES string of the molecule is Cc1cc(Cl)c(F)cc1SF. The molecule has 0 amide bonds. The Morgan fingerprint density at radius 2 is 2.09 bits per heavy atom. The third-order valence-electron chi connectivity index (χ3n) is 1.30. The van der Waals surface area contributed by atoms with Crippen molar-refractivity contribution in [1.29, 1.82) is 0 Å². The first-order valence-corrected chi connectivity index (χ1v) is 3.99. The van der Waals surface area contributed by atoms with Crippen molar-refractivity contribution in [2.24, 2.45) is 0 Å². The Bertz CT molecular complexity index is 275. The number of halogens is 3. The Kier molecular flexibility index (Phi) is 2.73. The highest BCUT2D eigenvalue weighted by Crippen LogP contribution is 2.27. The predicted molar refractivity (Wildman–Crippen MR) is 43.1 cm³/mol. The molecule has 0 bridgehead atoms. The molecule has 0 aliphatic heterocycles. The minimum Gasteiger partial charge on any atom is -0.205 e. The van der Waals surface area contributed by atoms with Gasteiger partial charge in [0.05, 0.1) is 17.2 Å². The van der Waals surface area contributed by atoms with Crippen LogP contribution in [-0.4, -0.2) is 0 Å². The fourth-order valence-corrected chi connectivity index (χ4v) is 1.26. The largest absolute Gasteiger partial charge is 0.205 e. The lowest BCUT2D eigenvalue weighted by Crippen LogP contribution is -1.82. The molecule has 0 nitrogen and oxygen atoms in total. The third-order valence-corrected chi connectivity index (χ3v) is 2.20. The molecule has 60 valence electrons. The van der Waals surface area contributed by atoms with Gasteiger partial charge in [0.1, 0.15) is 5.82 Å². The van der Waals surface area contributed by atoms with Gasteiger partial charge < -0.3 is 0 Å². The van der Waals surface area contributed by atoms with E-state index in [9.17, 15) is 8.28 Å². The van der Waals surface area contributed by atoms with Gasteiger partial charge in [-0.1, -0.05) is 11.6 Å². The molecule has 11 heavy (non-hydrogen) atoms. The number of rotatable bonds is 1. The van der Waals surface area contributed by atoms with E-state index in [4.69, 9.17) is 11.6 Å². The molecular weight excluding hydrogens is 190 g/mol. The van der Waals surface area contributed by atoms with E-state index in [0.29, 0.717) is 5.56 Å². The summed E-state index contributed by atoms with van der Waals surface area (Å²) >= 11 is 5.46. The first-order chi connectivity index (χ1) is 5.15. The van der Waals surface area contributed by atoms with Crippen LogP contribution in [0.15, 0.2) is 17.0 Å². The fraction of sp³-hybridized carbons (Fsp3) is 0.143. The molecule has 1 rings (SSSR count). The molecule has 0 spiro atoms. The van der Waals surface area contributed by atoms with E-state index in [-0.39, 0.29) is 22.1 Å². The van der Waals surface area contributed by atoms with E-state index in [2.05, 4.69) is 0 Å². The van der Waals surface area contributed by atoms with Gasteiger partial charge in [0.25, 0.3) is 0 Å². The molecular formula is C7H5ClF2S. The van der Waals surface area contributed by atoms with Crippen molar-refractivity contribution >= 4 is 23.7 Å². The Morgan fingerprint density at radius 1 is 1.45 bits per heavy atom. The number of benzene rings is 1. The smallest absolute Gasteiger partial charge is 0.143 e. The van der Waals surface area contributed by atoms with Crippen LogP contribution in [0, 0.1) is 12.7 Å². The Labute approximate surface area is 72.8 Å². The molecule has 1 aromatic carbocycles. The highest BCUT2D eigenvalue weighted by atomic mass is 35.5. The minimum atomic E-state index is -0.586. The molecule has 0 aliphatic carbocycles. The second kappa shape index (κ2) is 3.41. The predicted octanol–water partition coefficient (Wildman–Crippen LogP) is 3.76. The van der Waals surface area contributed by atoms with Crippen LogP contribution < -0.4 is 0 Å². The van der Waals surface area contributed by atoms with Gasteiger partial charge in [-0.3, -0.25) is 0 Å². The summed E-state index contributed by atoms with van der Waals surface area (Å²) in [5, 5.41) is 0.0281. The maximum absolute atomic E-state index is 12.6. The van der Waals surface area contributed by atoms with Crippen LogP contribution in [0.3, 0.4) is 0 Å². The summed E-state index contributed by atoms with van der Waals surface area (Å²) in [5.74, 6) is -0.586. The van der Waals surface area contributed by atoms with Crippen molar-refractivity contribution in [3.05, 3.63) is 28.5 Å². The quantitative estimate of drug-likeness (QED) is 0.656. The normalized spacial score (nSPS) is 10.2. The summed E-state index contributed by atoms with van der Waals surface area (Å²) < 4.78 is 24.6.